The Bertz CT molecular complexity index is 1590. The zero-order chi connectivity index (χ0) is 26.0. The van der Waals surface area contributed by atoms with Gasteiger partial charge in [-0.2, -0.15) is 4.98 Å². The molecular weight excluding hydrogens is 558 g/mol. The van der Waals surface area contributed by atoms with Gasteiger partial charge in [-0.25, -0.2) is 15.0 Å². The van der Waals surface area contributed by atoms with E-state index in [2.05, 4.69) is 35.9 Å². The SMILES string of the molecule is Brc1ccn2c(n1)nc1ccccc12.C.FCCCOc1ccn2c(n1)nc1ccccc12.OCCCF. The number of alkyl halides is 2. The first kappa shape index (κ1) is 28.9. The van der Waals surface area contributed by atoms with Crippen LogP contribution in [0.15, 0.2) is 77.7 Å². The van der Waals surface area contributed by atoms with Crippen LogP contribution in [0.4, 0.5) is 8.78 Å². The molecule has 0 unspecified atom stereocenters. The van der Waals surface area contributed by atoms with E-state index < -0.39 is 6.67 Å². The number of imidazole rings is 2. The number of nitrogens with zero attached hydrogens (tertiary/aromatic N) is 6. The van der Waals surface area contributed by atoms with E-state index in [1.54, 1.807) is 6.07 Å². The molecule has 0 spiro atoms. The summed E-state index contributed by atoms with van der Waals surface area (Å²) in [4.78, 5) is 17.4. The highest BCUT2D eigenvalue weighted by atomic mass is 79.9. The smallest absolute Gasteiger partial charge is 0.238 e. The molecule has 0 atom stereocenters. The van der Waals surface area contributed by atoms with Crippen molar-refractivity contribution < 1.29 is 18.6 Å². The van der Waals surface area contributed by atoms with E-state index in [-0.39, 0.29) is 27.1 Å². The van der Waals surface area contributed by atoms with E-state index >= 15 is 0 Å². The zero-order valence-electron chi connectivity index (χ0n) is 19.8. The molecule has 4 aromatic heterocycles. The zero-order valence-corrected chi connectivity index (χ0v) is 21.4. The summed E-state index contributed by atoms with van der Waals surface area (Å²) in [6.07, 6.45) is 4.48. The minimum absolute atomic E-state index is 0. The minimum Gasteiger partial charge on any atom is -0.477 e. The predicted molar refractivity (Wildman–Crippen MR) is 149 cm³/mol. The summed E-state index contributed by atoms with van der Waals surface area (Å²) in [6, 6.07) is 19.5. The number of hydrogen-bond donors (Lipinski definition) is 1. The Kier molecular flexibility index (Phi) is 10.9. The second-order valence-corrected chi connectivity index (χ2v) is 8.53. The molecule has 0 bridgehead atoms. The highest BCUT2D eigenvalue weighted by Gasteiger charge is 2.06. The van der Waals surface area contributed by atoms with Gasteiger partial charge in [-0.1, -0.05) is 31.7 Å². The number of hydrogen-bond acceptors (Lipinski definition) is 6. The van der Waals surface area contributed by atoms with Gasteiger partial charge in [-0.15, -0.1) is 0 Å². The van der Waals surface area contributed by atoms with Gasteiger partial charge in [-0.3, -0.25) is 17.6 Å². The maximum absolute atomic E-state index is 12.0. The van der Waals surface area contributed by atoms with Crippen LogP contribution in [0.2, 0.25) is 0 Å². The summed E-state index contributed by atoms with van der Waals surface area (Å²) < 4.78 is 32.8. The molecule has 6 aromatic rings. The molecule has 0 aliphatic heterocycles. The summed E-state index contributed by atoms with van der Waals surface area (Å²) in [5, 5.41) is 7.83. The third-order valence-corrected chi connectivity index (χ3v) is 5.56. The Morgan fingerprint density at radius 2 is 1.29 bits per heavy atom. The van der Waals surface area contributed by atoms with E-state index in [0.29, 0.717) is 24.7 Å². The number of ether oxygens (including phenoxy) is 1. The molecule has 6 rings (SSSR count). The van der Waals surface area contributed by atoms with Crippen molar-refractivity contribution in [1.82, 2.24) is 28.7 Å². The number of para-hydroxylation sites is 4. The van der Waals surface area contributed by atoms with Crippen LogP contribution in [-0.2, 0) is 0 Å². The molecule has 1 N–H and O–H groups in total. The van der Waals surface area contributed by atoms with Gasteiger partial charge >= 0.3 is 0 Å². The van der Waals surface area contributed by atoms with Crippen LogP contribution in [0, 0.1) is 0 Å². The van der Waals surface area contributed by atoms with Crippen molar-refractivity contribution in [2.24, 2.45) is 0 Å². The normalized spacial score (nSPS) is 10.5. The molecule has 8 nitrogen and oxygen atoms in total. The van der Waals surface area contributed by atoms with Crippen LogP contribution in [0.5, 0.6) is 5.88 Å². The van der Waals surface area contributed by atoms with Gasteiger partial charge in [0.1, 0.15) is 4.60 Å². The fraction of sp³-hybridized carbons (Fsp3) is 0.259. The van der Waals surface area contributed by atoms with Crippen LogP contribution in [0.3, 0.4) is 0 Å². The van der Waals surface area contributed by atoms with E-state index in [0.717, 1.165) is 32.4 Å². The highest BCUT2D eigenvalue weighted by molar-refractivity contribution is 9.10. The standard InChI is InChI=1S/C13H12FN3O.C10H6BrN3.C3H7FO.CH4/c14-7-3-9-18-12-6-8-17-11-5-2-1-4-10(11)15-13(17)16-12;11-9-5-6-14-8-4-2-1-3-7(8)12-10(14)13-9;4-2-1-3-5;/h1-2,4-6,8H,3,7,9H2;1-6H;5H,1-3H2;1H4. The third kappa shape index (κ3) is 6.99. The van der Waals surface area contributed by atoms with Gasteiger partial charge in [0.15, 0.2) is 0 Å². The first-order valence-corrected chi connectivity index (χ1v) is 12.4. The number of rotatable bonds is 6. The van der Waals surface area contributed by atoms with E-state index in [4.69, 9.17) is 9.84 Å². The lowest BCUT2D eigenvalue weighted by molar-refractivity contribution is 0.269. The first-order chi connectivity index (χ1) is 18.1. The largest absolute Gasteiger partial charge is 0.477 e. The first-order valence-electron chi connectivity index (χ1n) is 11.6. The molecule has 4 heterocycles. The topological polar surface area (TPSA) is 89.8 Å². The maximum atomic E-state index is 12.0. The third-order valence-electron chi connectivity index (χ3n) is 5.12. The monoisotopic (exact) mass is 586 g/mol. The number of halogens is 3. The van der Waals surface area contributed by atoms with Crippen LogP contribution in [-0.4, -0.2) is 60.4 Å². The lowest BCUT2D eigenvalue weighted by Crippen LogP contribution is -2.01. The fourth-order valence-corrected chi connectivity index (χ4v) is 3.71. The second-order valence-electron chi connectivity index (χ2n) is 7.71. The molecule has 0 amide bonds. The van der Waals surface area contributed by atoms with Gasteiger partial charge in [0.2, 0.25) is 17.4 Å². The van der Waals surface area contributed by atoms with Crippen molar-refractivity contribution in [3.63, 3.8) is 0 Å². The minimum atomic E-state index is -0.406. The average Bonchev–Trinajstić information content (AvgIpc) is 3.47. The Morgan fingerprint density at radius 3 is 1.84 bits per heavy atom. The second kappa shape index (κ2) is 14.3. The summed E-state index contributed by atoms with van der Waals surface area (Å²) >= 11 is 3.33. The summed E-state index contributed by atoms with van der Waals surface area (Å²) in [5.74, 6) is 1.79. The quantitative estimate of drug-likeness (QED) is 0.183. The van der Waals surface area contributed by atoms with Crippen molar-refractivity contribution in [3.8, 4) is 5.88 Å². The van der Waals surface area contributed by atoms with Crippen molar-refractivity contribution in [3.05, 3.63) is 77.7 Å². The Balaban J connectivity index is 0.000000179. The average molecular weight is 587 g/mol. The van der Waals surface area contributed by atoms with Crippen LogP contribution in [0.25, 0.3) is 33.6 Å². The molecule has 0 radical (unpaired) electrons. The summed E-state index contributed by atoms with van der Waals surface area (Å²) in [5.41, 5.74) is 3.96. The van der Waals surface area contributed by atoms with Crippen molar-refractivity contribution in [1.29, 1.82) is 0 Å². The lowest BCUT2D eigenvalue weighted by Gasteiger charge is -2.03. The molecule has 2 aromatic carbocycles. The van der Waals surface area contributed by atoms with Crippen LogP contribution in [0.1, 0.15) is 20.3 Å². The van der Waals surface area contributed by atoms with Gasteiger partial charge in [-0.05, 0) is 52.7 Å². The van der Waals surface area contributed by atoms with Gasteiger partial charge in [0.25, 0.3) is 0 Å². The molecule has 200 valence electrons. The lowest BCUT2D eigenvalue weighted by atomic mass is 10.3. The Hall–Kier alpha value is -3.70. The molecular formula is C27H29BrF2N6O2. The Morgan fingerprint density at radius 1 is 0.737 bits per heavy atom. The number of aliphatic hydroxyl groups excluding tert-OH is 1. The highest BCUT2D eigenvalue weighted by Crippen LogP contribution is 2.18. The van der Waals surface area contributed by atoms with Crippen LogP contribution >= 0.6 is 15.9 Å². The molecule has 0 aliphatic rings. The molecule has 11 heteroatoms. The van der Waals surface area contributed by atoms with E-state index in [1.807, 2.05) is 75.8 Å². The number of fused-ring (bicyclic) bond motifs is 6. The Labute approximate surface area is 227 Å². The number of aromatic nitrogens is 6. The summed E-state index contributed by atoms with van der Waals surface area (Å²) in [7, 11) is 0. The van der Waals surface area contributed by atoms with Gasteiger partial charge in [0, 0.05) is 31.5 Å². The van der Waals surface area contributed by atoms with Crippen molar-refractivity contribution in [2.75, 3.05) is 26.6 Å². The molecule has 0 saturated carbocycles. The predicted octanol–water partition coefficient (Wildman–Crippen LogP) is 6.24. The van der Waals surface area contributed by atoms with E-state index in [9.17, 15) is 8.78 Å². The number of benzene rings is 2. The molecule has 38 heavy (non-hydrogen) atoms. The molecule has 0 fully saturated rings. The van der Waals surface area contributed by atoms with Crippen molar-refractivity contribution in [2.45, 2.75) is 20.3 Å². The molecule has 0 saturated heterocycles. The fourth-order valence-electron chi connectivity index (χ4n) is 3.43. The maximum Gasteiger partial charge on any atom is 0.238 e. The van der Waals surface area contributed by atoms with Crippen molar-refractivity contribution >= 4 is 49.6 Å². The van der Waals surface area contributed by atoms with Crippen LogP contribution < -0.4 is 4.74 Å². The molecule has 0 aliphatic carbocycles. The number of aliphatic hydroxyl groups is 1. The van der Waals surface area contributed by atoms with Gasteiger partial charge in [0.05, 0.1) is 42.0 Å². The van der Waals surface area contributed by atoms with E-state index in [1.165, 1.54) is 0 Å². The van der Waals surface area contributed by atoms with Gasteiger partial charge < -0.3 is 9.84 Å². The summed E-state index contributed by atoms with van der Waals surface area (Å²) in [6.45, 7) is -0.484.